The van der Waals surface area contributed by atoms with Gasteiger partial charge >= 0.3 is 0 Å². The van der Waals surface area contributed by atoms with E-state index in [-0.39, 0.29) is 37.5 Å². The smallest absolute Gasteiger partial charge is 0.264 e. The van der Waals surface area contributed by atoms with E-state index in [0.29, 0.717) is 54.0 Å². The first kappa shape index (κ1) is 26.1. The van der Waals surface area contributed by atoms with E-state index < -0.39 is 17.1 Å². The molecular weight excluding hydrogens is 520 g/mol. The molecule has 1 aliphatic heterocycles. The van der Waals surface area contributed by atoms with Crippen LogP contribution in [0.5, 0.6) is 5.75 Å². The highest BCUT2D eigenvalue weighted by Gasteiger charge is 2.38. The molecule has 2 aromatic heterocycles. The van der Waals surface area contributed by atoms with Gasteiger partial charge in [-0.3, -0.25) is 14.2 Å². The molecule has 208 valence electrons. The summed E-state index contributed by atoms with van der Waals surface area (Å²) in [6, 6.07) is 12.4. The molecule has 40 heavy (non-hydrogen) atoms. The van der Waals surface area contributed by atoms with Gasteiger partial charge in [-0.25, -0.2) is 18.4 Å². The van der Waals surface area contributed by atoms with Crippen molar-refractivity contribution in [3.63, 3.8) is 0 Å². The highest BCUT2D eigenvalue weighted by atomic mass is 19.1. The number of hydrogen-bond donors (Lipinski definition) is 1. The van der Waals surface area contributed by atoms with Crippen LogP contribution in [0.4, 0.5) is 8.78 Å². The van der Waals surface area contributed by atoms with Gasteiger partial charge < -0.3 is 14.7 Å². The lowest BCUT2D eigenvalue weighted by Gasteiger charge is -2.38. The van der Waals surface area contributed by atoms with Crippen LogP contribution in [0.25, 0.3) is 16.7 Å². The number of halogens is 2. The highest BCUT2D eigenvalue weighted by Crippen LogP contribution is 2.36. The molecule has 1 N–H and O–H groups in total. The SMILES string of the molecule is O=C(c1ccc(F)cc1)N1CCC(O)(Cn2cnc3c(cnn3-c3ccc(OCC4(F)CCC4)cc3)c2=O)CC1. The lowest BCUT2D eigenvalue weighted by atomic mass is 9.83. The molecule has 1 amide bonds. The van der Waals surface area contributed by atoms with Crippen molar-refractivity contribution in [2.75, 3.05) is 19.7 Å². The van der Waals surface area contributed by atoms with E-state index in [1.165, 1.54) is 41.4 Å². The van der Waals surface area contributed by atoms with Crippen LogP contribution in [0.3, 0.4) is 0 Å². The molecule has 0 spiro atoms. The minimum absolute atomic E-state index is 0.0284. The minimum Gasteiger partial charge on any atom is -0.490 e. The van der Waals surface area contributed by atoms with Gasteiger partial charge in [0.15, 0.2) is 5.65 Å². The van der Waals surface area contributed by atoms with Gasteiger partial charge in [0.05, 0.1) is 24.0 Å². The van der Waals surface area contributed by atoms with Gasteiger partial charge in [0.25, 0.3) is 11.5 Å². The summed E-state index contributed by atoms with van der Waals surface area (Å²) in [6.07, 6.45) is 5.35. The molecule has 0 atom stereocenters. The lowest BCUT2D eigenvalue weighted by molar-refractivity contribution is -0.0299. The summed E-state index contributed by atoms with van der Waals surface area (Å²) in [4.78, 5) is 32.1. The summed E-state index contributed by atoms with van der Waals surface area (Å²) in [5.74, 6) is -0.0811. The van der Waals surface area contributed by atoms with Gasteiger partial charge in [0.1, 0.15) is 35.6 Å². The molecule has 9 nitrogen and oxygen atoms in total. The van der Waals surface area contributed by atoms with Crippen LogP contribution >= 0.6 is 0 Å². The number of aromatic nitrogens is 4. The summed E-state index contributed by atoms with van der Waals surface area (Å²) in [7, 11) is 0. The number of aliphatic hydroxyl groups is 1. The van der Waals surface area contributed by atoms with E-state index in [1.807, 2.05) is 0 Å². The largest absolute Gasteiger partial charge is 0.490 e. The summed E-state index contributed by atoms with van der Waals surface area (Å²) in [5, 5.41) is 15.9. The van der Waals surface area contributed by atoms with Gasteiger partial charge in [-0.1, -0.05) is 0 Å². The highest BCUT2D eigenvalue weighted by molar-refractivity contribution is 5.94. The monoisotopic (exact) mass is 549 g/mol. The average Bonchev–Trinajstić information content (AvgIpc) is 3.38. The second kappa shape index (κ2) is 10.1. The first-order valence-electron chi connectivity index (χ1n) is 13.3. The van der Waals surface area contributed by atoms with E-state index in [4.69, 9.17) is 4.74 Å². The Bertz CT molecular complexity index is 1590. The third-order valence-electron chi connectivity index (χ3n) is 7.92. The summed E-state index contributed by atoms with van der Waals surface area (Å²) < 4.78 is 35.9. The zero-order valence-electron chi connectivity index (χ0n) is 21.8. The number of ether oxygens (including phenoxy) is 1. The van der Waals surface area contributed by atoms with Crippen molar-refractivity contribution in [3.8, 4) is 11.4 Å². The van der Waals surface area contributed by atoms with Gasteiger partial charge in [-0.05, 0) is 80.6 Å². The molecule has 2 aliphatic rings. The summed E-state index contributed by atoms with van der Waals surface area (Å²) in [6.45, 7) is 0.676. The van der Waals surface area contributed by atoms with Crippen LogP contribution in [0, 0.1) is 5.82 Å². The first-order valence-corrected chi connectivity index (χ1v) is 13.3. The first-order chi connectivity index (χ1) is 19.2. The molecule has 2 fully saturated rings. The van der Waals surface area contributed by atoms with Crippen molar-refractivity contribution < 1.29 is 23.4 Å². The fourth-order valence-corrected chi connectivity index (χ4v) is 5.23. The quantitative estimate of drug-likeness (QED) is 0.378. The third kappa shape index (κ3) is 5.08. The van der Waals surface area contributed by atoms with Crippen LogP contribution in [-0.2, 0) is 6.54 Å². The fourth-order valence-electron chi connectivity index (χ4n) is 5.23. The van der Waals surface area contributed by atoms with Crippen molar-refractivity contribution in [2.45, 2.75) is 49.9 Å². The summed E-state index contributed by atoms with van der Waals surface area (Å²) in [5.41, 5.74) is -1.32. The molecule has 0 unspecified atom stereocenters. The Labute approximate surface area is 228 Å². The molecular formula is C29H29F2N5O4. The standard InChI is InChI=1S/C29H29F2N5O4/c30-21-4-2-20(3-5-21)26(37)34-14-12-29(39,13-15-34)17-35-19-32-25-24(27(35)38)16-33-36(25)22-6-8-23(9-7-22)40-18-28(31)10-1-11-28/h2-9,16,19,39H,1,10-15,17-18H2. The van der Waals surface area contributed by atoms with Gasteiger partial charge in [0, 0.05) is 18.7 Å². The number of rotatable bonds is 7. The average molecular weight is 550 g/mol. The van der Waals surface area contributed by atoms with E-state index in [2.05, 4.69) is 10.1 Å². The molecule has 2 aromatic carbocycles. The minimum atomic E-state index is -1.23. The van der Waals surface area contributed by atoms with Gasteiger partial charge in [0.2, 0.25) is 0 Å². The molecule has 4 aromatic rings. The topological polar surface area (TPSA) is 102 Å². The van der Waals surface area contributed by atoms with Crippen LogP contribution < -0.4 is 10.3 Å². The lowest BCUT2D eigenvalue weighted by Crippen LogP contribution is -2.49. The molecule has 1 saturated heterocycles. The number of carbonyl (C=O) groups is 1. The molecule has 11 heteroatoms. The fraction of sp³-hybridized carbons (Fsp3) is 0.379. The van der Waals surface area contributed by atoms with Crippen molar-refractivity contribution in [1.82, 2.24) is 24.2 Å². The van der Waals surface area contributed by atoms with E-state index in [9.17, 15) is 23.5 Å². The predicted octanol–water partition coefficient (Wildman–Crippen LogP) is 3.66. The predicted molar refractivity (Wildman–Crippen MR) is 143 cm³/mol. The number of amides is 1. The third-order valence-corrected chi connectivity index (χ3v) is 7.92. The van der Waals surface area contributed by atoms with Crippen LogP contribution in [0.1, 0.15) is 42.5 Å². The number of alkyl halides is 1. The van der Waals surface area contributed by atoms with Crippen molar-refractivity contribution in [2.24, 2.45) is 0 Å². The van der Waals surface area contributed by atoms with Crippen molar-refractivity contribution >= 4 is 16.9 Å². The Morgan fingerprint density at radius 1 is 1.02 bits per heavy atom. The van der Waals surface area contributed by atoms with Crippen LogP contribution in [0.15, 0.2) is 65.8 Å². The molecule has 1 saturated carbocycles. The number of hydrogen-bond acceptors (Lipinski definition) is 6. The van der Waals surface area contributed by atoms with Crippen LogP contribution in [-0.4, -0.2) is 66.2 Å². The number of nitrogens with zero attached hydrogens (tertiary/aromatic N) is 5. The number of fused-ring (bicyclic) bond motifs is 1. The van der Waals surface area contributed by atoms with Crippen molar-refractivity contribution in [3.05, 3.63) is 82.8 Å². The molecule has 0 radical (unpaired) electrons. The molecule has 1 aliphatic carbocycles. The zero-order valence-corrected chi connectivity index (χ0v) is 21.8. The van der Waals surface area contributed by atoms with E-state index >= 15 is 0 Å². The van der Waals surface area contributed by atoms with Gasteiger partial charge in [-0.2, -0.15) is 5.10 Å². The normalized spacial score (nSPS) is 17.9. The maximum atomic E-state index is 14.2. The van der Waals surface area contributed by atoms with Gasteiger partial charge in [-0.15, -0.1) is 0 Å². The number of carbonyl (C=O) groups excluding carboxylic acids is 1. The maximum Gasteiger partial charge on any atom is 0.264 e. The van der Waals surface area contributed by atoms with E-state index in [1.54, 1.807) is 33.8 Å². The number of benzene rings is 2. The van der Waals surface area contributed by atoms with Crippen molar-refractivity contribution in [1.29, 1.82) is 0 Å². The Kier molecular flexibility index (Phi) is 6.61. The molecule has 3 heterocycles. The Morgan fingerprint density at radius 2 is 1.73 bits per heavy atom. The van der Waals surface area contributed by atoms with Crippen LogP contribution in [0.2, 0.25) is 0 Å². The number of likely N-dealkylation sites (tertiary alicyclic amines) is 1. The van der Waals surface area contributed by atoms with E-state index in [0.717, 1.165) is 6.42 Å². The Hall–Kier alpha value is -4.12. The maximum absolute atomic E-state index is 14.2. The summed E-state index contributed by atoms with van der Waals surface area (Å²) >= 11 is 0. The number of piperidine rings is 1. The second-order valence-corrected chi connectivity index (χ2v) is 10.8. The molecule has 6 rings (SSSR count). The Morgan fingerprint density at radius 3 is 2.38 bits per heavy atom. The second-order valence-electron chi connectivity index (χ2n) is 10.8. The molecule has 0 bridgehead atoms. The zero-order chi connectivity index (χ0) is 27.9. The Balaban J connectivity index is 1.12.